The Labute approximate surface area is 184 Å². The van der Waals surface area contributed by atoms with Crippen molar-refractivity contribution < 1.29 is 9.59 Å². The second kappa shape index (κ2) is 6.36. The van der Waals surface area contributed by atoms with Gasteiger partial charge >= 0.3 is 0 Å². The van der Waals surface area contributed by atoms with Crippen LogP contribution in [0.4, 0.5) is 0 Å². The first-order chi connectivity index (χ1) is 14.5. The number of fused-ring (bicyclic) bond motifs is 4. The molecule has 6 saturated carbocycles. The van der Waals surface area contributed by atoms with Crippen molar-refractivity contribution in [2.45, 2.75) is 77.0 Å². The van der Waals surface area contributed by atoms with Gasteiger partial charge in [-0.3, -0.25) is 14.5 Å². The van der Waals surface area contributed by atoms with E-state index in [9.17, 15) is 9.59 Å². The van der Waals surface area contributed by atoms with Crippen molar-refractivity contribution in [2.75, 3.05) is 12.3 Å². The summed E-state index contributed by atoms with van der Waals surface area (Å²) < 4.78 is 0. The third kappa shape index (κ3) is 2.56. The van der Waals surface area contributed by atoms with E-state index in [2.05, 4.69) is 0 Å². The lowest BCUT2D eigenvalue weighted by Gasteiger charge is -2.40. The number of amidine groups is 1. The molecule has 8 atom stereocenters. The Bertz CT molecular complexity index is 833. The van der Waals surface area contributed by atoms with Gasteiger partial charge in [-0.15, -0.1) is 0 Å². The van der Waals surface area contributed by atoms with E-state index in [1.807, 2.05) is 4.90 Å². The largest absolute Gasteiger partial charge is 0.290 e. The number of amides is 2. The molecule has 7 rings (SSSR count). The van der Waals surface area contributed by atoms with Crippen LogP contribution in [0.1, 0.15) is 77.0 Å². The zero-order valence-corrected chi connectivity index (χ0v) is 18.8. The number of hydrogen-bond donors (Lipinski definition) is 0. The molecule has 0 aromatic heterocycles. The lowest BCUT2D eigenvalue weighted by molar-refractivity contribution is -0.139. The van der Waals surface area contributed by atoms with Crippen molar-refractivity contribution in [1.29, 1.82) is 0 Å². The number of nitrogens with zero attached hydrogens (tertiary/aromatic N) is 2. The molecule has 0 spiro atoms. The maximum atomic E-state index is 13.9. The highest BCUT2D eigenvalue weighted by molar-refractivity contribution is 8.14. The molecule has 7 aliphatic rings. The minimum atomic E-state index is -0.194. The molecular weight excluding hydrogens is 392 g/mol. The van der Waals surface area contributed by atoms with E-state index >= 15 is 0 Å². The summed E-state index contributed by atoms with van der Waals surface area (Å²) in [6, 6.07) is 0. The number of aliphatic imine (C=N–C) groups is 1. The molecule has 1 saturated heterocycles. The molecule has 162 valence electrons. The highest BCUT2D eigenvalue weighted by atomic mass is 32.2. The number of thioether (sulfide) groups is 1. The molecule has 8 unspecified atom stereocenters. The molecule has 1 aliphatic heterocycles. The van der Waals surface area contributed by atoms with E-state index in [0.29, 0.717) is 5.91 Å². The standard InChI is InChI=1S/C25H34N2O2S/c28-21(24-9-15-1-3-17(11-24)19(7-15)13-24)26-23-27(5-6-30-23)22(29)25-10-16-2-4-18(12-25)20(8-16)14-25/h15-20H,1-14H2/b26-23-. The summed E-state index contributed by atoms with van der Waals surface area (Å²) in [6.07, 6.45) is 14.5. The maximum Gasteiger partial charge on any atom is 0.254 e. The molecule has 7 fully saturated rings. The van der Waals surface area contributed by atoms with Crippen LogP contribution >= 0.6 is 11.8 Å². The van der Waals surface area contributed by atoms with Crippen LogP contribution in [0.3, 0.4) is 0 Å². The van der Waals surface area contributed by atoms with Gasteiger partial charge in [-0.2, -0.15) is 4.99 Å². The van der Waals surface area contributed by atoms with Crippen molar-refractivity contribution >= 4 is 28.7 Å². The normalized spacial score (nSPS) is 51.9. The summed E-state index contributed by atoms with van der Waals surface area (Å²) in [6.45, 7) is 0.748. The molecule has 0 radical (unpaired) electrons. The summed E-state index contributed by atoms with van der Waals surface area (Å²) in [5.74, 6) is 5.92. The van der Waals surface area contributed by atoms with Crippen molar-refractivity contribution in [1.82, 2.24) is 4.90 Å². The average molecular weight is 427 g/mol. The monoisotopic (exact) mass is 426 g/mol. The van der Waals surface area contributed by atoms with Gasteiger partial charge in [0.2, 0.25) is 5.91 Å². The van der Waals surface area contributed by atoms with E-state index in [1.165, 1.54) is 38.5 Å². The van der Waals surface area contributed by atoms with Crippen molar-refractivity contribution in [2.24, 2.45) is 51.3 Å². The van der Waals surface area contributed by atoms with Crippen LogP contribution in [-0.4, -0.2) is 34.2 Å². The Hall–Kier alpha value is -0.840. The van der Waals surface area contributed by atoms with Crippen LogP contribution in [0.5, 0.6) is 0 Å². The van der Waals surface area contributed by atoms with Gasteiger partial charge in [0, 0.05) is 12.3 Å². The van der Waals surface area contributed by atoms with Crippen molar-refractivity contribution in [3.05, 3.63) is 0 Å². The Morgan fingerprint density at radius 2 is 1.40 bits per heavy atom. The molecule has 1 heterocycles. The zero-order chi connectivity index (χ0) is 20.1. The molecule has 4 nitrogen and oxygen atoms in total. The summed E-state index contributed by atoms with van der Waals surface area (Å²) in [5.41, 5.74) is -0.329. The number of carbonyl (C=O) groups is 2. The fraction of sp³-hybridized carbons (Fsp3) is 0.880. The minimum absolute atomic E-state index is 0.120. The van der Waals surface area contributed by atoms with Crippen LogP contribution in [0, 0.1) is 46.3 Å². The summed E-state index contributed by atoms with van der Waals surface area (Å²) >= 11 is 1.65. The van der Waals surface area contributed by atoms with E-state index in [4.69, 9.17) is 4.99 Å². The van der Waals surface area contributed by atoms with Crippen LogP contribution in [0.2, 0.25) is 0 Å². The molecule has 0 aromatic rings. The SMILES string of the molecule is O=C(/N=C1\SCCN1C(=O)C12CC3CCC(C1)C(C3)C2)C12CC3CCC(C1)C(C3)C2. The molecule has 5 heteroatoms. The Kier molecular flexibility index (Phi) is 3.96. The summed E-state index contributed by atoms with van der Waals surface area (Å²) in [7, 11) is 0. The summed E-state index contributed by atoms with van der Waals surface area (Å²) in [4.78, 5) is 34.1. The first kappa shape index (κ1) is 18.7. The van der Waals surface area contributed by atoms with Crippen molar-refractivity contribution in [3.63, 3.8) is 0 Å². The van der Waals surface area contributed by atoms with Gasteiger partial charge < -0.3 is 0 Å². The smallest absolute Gasteiger partial charge is 0.254 e. The maximum absolute atomic E-state index is 13.9. The zero-order valence-electron chi connectivity index (χ0n) is 18.0. The average Bonchev–Trinajstić information content (AvgIpc) is 3.30. The lowest BCUT2D eigenvalue weighted by Crippen LogP contribution is -2.46. The third-order valence-corrected chi connectivity index (χ3v) is 11.6. The molecule has 0 aromatic carbocycles. The predicted octanol–water partition coefficient (Wildman–Crippen LogP) is 4.88. The first-order valence-electron chi connectivity index (χ1n) is 12.6. The van der Waals surface area contributed by atoms with E-state index in [0.717, 1.165) is 91.5 Å². The summed E-state index contributed by atoms with van der Waals surface area (Å²) in [5, 5.41) is 0.747. The Balaban J connectivity index is 1.15. The van der Waals surface area contributed by atoms with Gasteiger partial charge in [0.25, 0.3) is 5.91 Å². The van der Waals surface area contributed by atoms with Gasteiger partial charge in [0.15, 0.2) is 5.17 Å². The molecule has 6 aliphatic carbocycles. The molecule has 30 heavy (non-hydrogen) atoms. The lowest BCUT2D eigenvalue weighted by atomic mass is 9.67. The van der Waals surface area contributed by atoms with Crippen LogP contribution in [0.25, 0.3) is 0 Å². The molecule has 2 amide bonds. The second-order valence-electron chi connectivity index (χ2n) is 12.2. The Morgan fingerprint density at radius 1 is 0.800 bits per heavy atom. The highest BCUT2D eigenvalue weighted by Gasteiger charge is 2.59. The number of rotatable bonds is 2. The fourth-order valence-electron chi connectivity index (χ4n) is 9.57. The number of carbonyl (C=O) groups excluding carboxylic acids is 2. The third-order valence-electron chi connectivity index (χ3n) is 10.6. The van der Waals surface area contributed by atoms with Gasteiger partial charge in [0.05, 0.1) is 10.8 Å². The minimum Gasteiger partial charge on any atom is -0.290 e. The van der Waals surface area contributed by atoms with Gasteiger partial charge in [-0.05, 0) is 99.7 Å². The van der Waals surface area contributed by atoms with Crippen LogP contribution in [-0.2, 0) is 9.59 Å². The highest BCUT2D eigenvalue weighted by Crippen LogP contribution is 2.63. The van der Waals surface area contributed by atoms with Crippen molar-refractivity contribution in [3.8, 4) is 0 Å². The topological polar surface area (TPSA) is 49.7 Å². The quantitative estimate of drug-likeness (QED) is 0.632. The molecular formula is C25H34N2O2S. The van der Waals surface area contributed by atoms with Gasteiger partial charge in [-0.25, -0.2) is 0 Å². The van der Waals surface area contributed by atoms with Gasteiger partial charge in [-0.1, -0.05) is 24.6 Å². The second-order valence-corrected chi connectivity index (χ2v) is 13.3. The first-order valence-corrected chi connectivity index (χ1v) is 13.6. The number of hydrogen-bond acceptors (Lipinski definition) is 3. The Morgan fingerprint density at radius 3 is 2.13 bits per heavy atom. The van der Waals surface area contributed by atoms with Gasteiger partial charge in [0.1, 0.15) is 0 Å². The van der Waals surface area contributed by atoms with Crippen LogP contribution in [0.15, 0.2) is 4.99 Å². The fourth-order valence-corrected chi connectivity index (χ4v) is 10.5. The van der Waals surface area contributed by atoms with E-state index in [-0.39, 0.29) is 16.7 Å². The van der Waals surface area contributed by atoms with Crippen LogP contribution < -0.4 is 0 Å². The van der Waals surface area contributed by atoms with E-state index < -0.39 is 0 Å². The molecule has 6 bridgehead atoms. The van der Waals surface area contributed by atoms with E-state index in [1.54, 1.807) is 11.8 Å². The predicted molar refractivity (Wildman–Crippen MR) is 118 cm³/mol. The molecule has 0 N–H and O–H groups in total.